The molecule has 1 saturated heterocycles. The molecule has 1 atom stereocenters. The van der Waals surface area contributed by atoms with E-state index in [1.54, 1.807) is 0 Å². The molecule has 5 rings (SSSR count). The van der Waals surface area contributed by atoms with Gasteiger partial charge in [-0.05, 0) is 36.6 Å². The van der Waals surface area contributed by atoms with E-state index in [0.29, 0.717) is 12.5 Å². The van der Waals surface area contributed by atoms with Gasteiger partial charge in [0.25, 0.3) is 5.91 Å². The van der Waals surface area contributed by atoms with Gasteiger partial charge in [-0.1, -0.05) is 36.4 Å². The number of carbonyl (C=O) groups excluding carboxylic acids is 1. The highest BCUT2D eigenvalue weighted by molar-refractivity contribution is 5.96. The number of hydrogen-bond acceptors (Lipinski definition) is 2. The predicted molar refractivity (Wildman–Crippen MR) is 103 cm³/mol. The first-order chi connectivity index (χ1) is 12.8. The van der Waals surface area contributed by atoms with Crippen LogP contribution in [0.5, 0.6) is 0 Å². The summed E-state index contributed by atoms with van der Waals surface area (Å²) >= 11 is 0. The van der Waals surface area contributed by atoms with Crippen molar-refractivity contribution in [2.45, 2.75) is 25.3 Å². The van der Waals surface area contributed by atoms with Gasteiger partial charge in [0.2, 0.25) is 0 Å². The van der Waals surface area contributed by atoms with Crippen molar-refractivity contribution < 1.29 is 4.79 Å². The maximum atomic E-state index is 13.3. The van der Waals surface area contributed by atoms with Crippen LogP contribution < -0.4 is 5.32 Å². The smallest absolute Gasteiger partial charge is 0.254 e. The SMILES string of the molecule is O=C(c1ccccc1C1CCNC1)N1CCc2[nH]c3ccccc3c2C1. The molecule has 1 unspecified atom stereocenters. The fourth-order valence-electron chi connectivity index (χ4n) is 4.48. The molecule has 0 bridgehead atoms. The molecule has 2 aromatic carbocycles. The van der Waals surface area contributed by atoms with E-state index in [4.69, 9.17) is 0 Å². The van der Waals surface area contributed by atoms with E-state index < -0.39 is 0 Å². The summed E-state index contributed by atoms with van der Waals surface area (Å²) in [4.78, 5) is 18.9. The van der Waals surface area contributed by atoms with Crippen molar-refractivity contribution in [1.82, 2.24) is 15.2 Å². The topological polar surface area (TPSA) is 48.1 Å². The molecule has 26 heavy (non-hydrogen) atoms. The summed E-state index contributed by atoms with van der Waals surface area (Å²) in [6.07, 6.45) is 2.00. The lowest BCUT2D eigenvalue weighted by Crippen LogP contribution is -2.36. The third kappa shape index (κ3) is 2.53. The molecule has 1 aromatic heterocycles. The van der Waals surface area contributed by atoms with E-state index in [2.05, 4.69) is 46.7 Å². The molecule has 132 valence electrons. The lowest BCUT2D eigenvalue weighted by Gasteiger charge is -2.28. The number of nitrogens with zero attached hydrogens (tertiary/aromatic N) is 1. The van der Waals surface area contributed by atoms with Crippen molar-refractivity contribution in [3.63, 3.8) is 0 Å². The molecule has 1 fully saturated rings. The van der Waals surface area contributed by atoms with Crippen LogP contribution in [0.1, 0.15) is 39.5 Å². The van der Waals surface area contributed by atoms with Crippen molar-refractivity contribution in [3.8, 4) is 0 Å². The second-order valence-corrected chi connectivity index (χ2v) is 7.38. The van der Waals surface area contributed by atoms with Crippen LogP contribution in [0.15, 0.2) is 48.5 Å². The van der Waals surface area contributed by atoms with Crippen LogP contribution in [0.3, 0.4) is 0 Å². The largest absolute Gasteiger partial charge is 0.358 e. The van der Waals surface area contributed by atoms with Crippen LogP contribution in [0.25, 0.3) is 10.9 Å². The molecular weight excluding hydrogens is 322 g/mol. The molecule has 2 aliphatic heterocycles. The van der Waals surface area contributed by atoms with E-state index in [9.17, 15) is 4.79 Å². The van der Waals surface area contributed by atoms with Gasteiger partial charge in [-0.25, -0.2) is 0 Å². The number of benzene rings is 2. The first-order valence-electron chi connectivity index (χ1n) is 9.48. The Morgan fingerprint density at radius 3 is 2.81 bits per heavy atom. The van der Waals surface area contributed by atoms with E-state index in [1.807, 2.05) is 17.0 Å². The van der Waals surface area contributed by atoms with Gasteiger partial charge in [-0.15, -0.1) is 0 Å². The number of hydrogen-bond donors (Lipinski definition) is 2. The molecule has 2 aliphatic rings. The number of nitrogens with one attached hydrogen (secondary N) is 2. The quantitative estimate of drug-likeness (QED) is 0.747. The number of aromatic amines is 1. The van der Waals surface area contributed by atoms with Gasteiger partial charge in [0.1, 0.15) is 0 Å². The van der Waals surface area contributed by atoms with Crippen LogP contribution >= 0.6 is 0 Å². The van der Waals surface area contributed by atoms with Gasteiger partial charge < -0.3 is 15.2 Å². The third-order valence-electron chi connectivity index (χ3n) is 5.86. The second-order valence-electron chi connectivity index (χ2n) is 7.38. The van der Waals surface area contributed by atoms with Gasteiger partial charge in [0, 0.05) is 53.8 Å². The highest BCUT2D eigenvalue weighted by atomic mass is 16.2. The molecule has 2 N–H and O–H groups in total. The Labute approximate surface area is 153 Å². The van der Waals surface area contributed by atoms with Crippen LogP contribution in [0, 0.1) is 0 Å². The predicted octanol–water partition coefficient (Wildman–Crippen LogP) is 3.44. The Kier molecular flexibility index (Phi) is 3.79. The number of rotatable bonds is 2. The van der Waals surface area contributed by atoms with Crippen molar-refractivity contribution in [3.05, 3.63) is 70.9 Å². The van der Waals surface area contributed by atoms with E-state index >= 15 is 0 Å². The van der Waals surface area contributed by atoms with Crippen LogP contribution in [0.4, 0.5) is 0 Å². The Bertz CT molecular complexity index is 968. The normalized spacial score (nSPS) is 19.7. The maximum Gasteiger partial charge on any atom is 0.254 e. The third-order valence-corrected chi connectivity index (χ3v) is 5.86. The monoisotopic (exact) mass is 345 g/mol. The Morgan fingerprint density at radius 1 is 1.08 bits per heavy atom. The Balaban J connectivity index is 1.47. The van der Waals surface area contributed by atoms with E-state index in [-0.39, 0.29) is 5.91 Å². The molecule has 4 nitrogen and oxygen atoms in total. The molecule has 0 aliphatic carbocycles. The second kappa shape index (κ2) is 6.29. The first kappa shape index (κ1) is 15.6. The molecule has 3 aromatic rings. The van der Waals surface area contributed by atoms with Gasteiger partial charge in [0.05, 0.1) is 0 Å². The minimum atomic E-state index is 0.170. The molecule has 0 saturated carbocycles. The van der Waals surface area contributed by atoms with Gasteiger partial charge >= 0.3 is 0 Å². The Hall–Kier alpha value is -2.59. The summed E-state index contributed by atoms with van der Waals surface area (Å²) in [6, 6.07) is 16.6. The highest BCUT2D eigenvalue weighted by Gasteiger charge is 2.28. The zero-order valence-electron chi connectivity index (χ0n) is 14.8. The fourth-order valence-corrected chi connectivity index (χ4v) is 4.48. The molecule has 1 amide bonds. The minimum Gasteiger partial charge on any atom is -0.358 e. The zero-order chi connectivity index (χ0) is 17.5. The highest BCUT2D eigenvalue weighted by Crippen LogP contribution is 2.30. The summed E-state index contributed by atoms with van der Waals surface area (Å²) < 4.78 is 0. The summed E-state index contributed by atoms with van der Waals surface area (Å²) in [7, 11) is 0. The standard InChI is InChI=1S/C22H23N3O/c26-22(18-7-2-1-5-16(18)15-9-11-23-13-15)25-12-10-21-19(14-25)17-6-3-4-8-20(17)24-21/h1-8,15,23-24H,9-14H2. The van der Waals surface area contributed by atoms with Gasteiger partial charge in [-0.2, -0.15) is 0 Å². The molecule has 0 spiro atoms. The van der Waals surface area contributed by atoms with E-state index in [1.165, 1.54) is 27.7 Å². The number of aromatic nitrogens is 1. The minimum absolute atomic E-state index is 0.170. The van der Waals surface area contributed by atoms with Crippen molar-refractivity contribution >= 4 is 16.8 Å². The van der Waals surface area contributed by atoms with Crippen molar-refractivity contribution in [2.24, 2.45) is 0 Å². The number of fused-ring (bicyclic) bond motifs is 3. The van der Waals surface area contributed by atoms with Gasteiger partial charge in [-0.3, -0.25) is 4.79 Å². The lowest BCUT2D eigenvalue weighted by molar-refractivity contribution is 0.0733. The zero-order valence-corrected chi connectivity index (χ0v) is 14.8. The van der Waals surface area contributed by atoms with Crippen molar-refractivity contribution in [2.75, 3.05) is 19.6 Å². The van der Waals surface area contributed by atoms with E-state index in [0.717, 1.165) is 38.0 Å². The van der Waals surface area contributed by atoms with Gasteiger partial charge in [0.15, 0.2) is 0 Å². The summed E-state index contributed by atoms with van der Waals surface area (Å²) in [5, 5.41) is 4.66. The van der Waals surface area contributed by atoms with Crippen LogP contribution in [0.2, 0.25) is 0 Å². The number of amides is 1. The molecule has 3 heterocycles. The summed E-state index contributed by atoms with van der Waals surface area (Å²) in [6.45, 7) is 3.47. The molecule has 4 heteroatoms. The van der Waals surface area contributed by atoms with Crippen LogP contribution in [-0.2, 0) is 13.0 Å². The summed E-state index contributed by atoms with van der Waals surface area (Å²) in [5.74, 6) is 0.618. The maximum absolute atomic E-state index is 13.3. The number of para-hydroxylation sites is 1. The Morgan fingerprint density at radius 2 is 1.92 bits per heavy atom. The molecule has 0 radical (unpaired) electrons. The average molecular weight is 345 g/mol. The molecular formula is C22H23N3O. The van der Waals surface area contributed by atoms with Crippen molar-refractivity contribution in [1.29, 1.82) is 0 Å². The fraction of sp³-hybridized carbons (Fsp3) is 0.318. The average Bonchev–Trinajstić information content (AvgIpc) is 3.35. The van der Waals surface area contributed by atoms with Crippen LogP contribution in [-0.4, -0.2) is 35.4 Å². The lowest BCUT2D eigenvalue weighted by atomic mass is 9.92. The number of H-pyrrole nitrogens is 1. The summed E-state index contributed by atoms with van der Waals surface area (Å²) in [5.41, 5.74) is 5.81. The number of carbonyl (C=O) groups is 1. The first-order valence-corrected chi connectivity index (χ1v) is 9.48.